The van der Waals surface area contributed by atoms with Crippen LogP contribution >= 0.6 is 0 Å². The zero-order chi connectivity index (χ0) is 15.4. The number of methoxy groups -OCH3 is 1. The number of hydrogen-bond donors (Lipinski definition) is 0. The summed E-state index contributed by atoms with van der Waals surface area (Å²) in [5.74, 6) is -1.05. The van der Waals surface area contributed by atoms with E-state index in [1.807, 2.05) is 0 Å². The average molecular weight is 296 g/mol. The normalized spacial score (nSPS) is 18.3. The Balaban J connectivity index is 2.06. The Morgan fingerprint density at radius 1 is 1.52 bits per heavy atom. The van der Waals surface area contributed by atoms with Gasteiger partial charge in [0.1, 0.15) is 12.6 Å². The summed E-state index contributed by atoms with van der Waals surface area (Å²) in [5, 5.41) is 14.2. The van der Waals surface area contributed by atoms with Crippen LogP contribution in [0.4, 0.5) is 5.82 Å². The molecule has 1 fully saturated rings. The second-order valence-corrected chi connectivity index (χ2v) is 4.75. The minimum Gasteiger partial charge on any atom is -0.467 e. The van der Waals surface area contributed by atoms with E-state index in [-0.39, 0.29) is 18.3 Å². The summed E-state index contributed by atoms with van der Waals surface area (Å²) in [6, 6.07) is 0.642. The molecule has 2 rings (SSSR count). The van der Waals surface area contributed by atoms with Gasteiger partial charge in [-0.25, -0.2) is 4.79 Å². The molecule has 0 aliphatic carbocycles. The van der Waals surface area contributed by atoms with Gasteiger partial charge in [-0.2, -0.15) is 4.68 Å². The van der Waals surface area contributed by atoms with Crippen molar-refractivity contribution in [2.45, 2.75) is 31.8 Å². The third-order valence-electron chi connectivity index (χ3n) is 3.41. The van der Waals surface area contributed by atoms with E-state index in [4.69, 9.17) is 4.74 Å². The molecule has 1 aliphatic heterocycles. The van der Waals surface area contributed by atoms with E-state index >= 15 is 0 Å². The molecule has 0 saturated carbocycles. The maximum absolute atomic E-state index is 12.3. The van der Waals surface area contributed by atoms with Crippen LogP contribution < -0.4 is 0 Å². The lowest BCUT2D eigenvalue weighted by Gasteiger charge is -2.33. The number of ether oxygens (including phenoxy) is 1. The Morgan fingerprint density at radius 2 is 2.29 bits per heavy atom. The van der Waals surface area contributed by atoms with Crippen molar-refractivity contribution in [3.05, 3.63) is 22.4 Å². The first-order valence-electron chi connectivity index (χ1n) is 6.58. The fraction of sp³-hybridized carbons (Fsp3) is 0.583. The van der Waals surface area contributed by atoms with E-state index in [9.17, 15) is 19.7 Å². The molecule has 1 saturated heterocycles. The molecular formula is C12H16N4O5. The van der Waals surface area contributed by atoms with Crippen molar-refractivity contribution in [1.29, 1.82) is 0 Å². The smallest absolute Gasteiger partial charge is 0.389 e. The number of rotatable bonds is 4. The maximum Gasteiger partial charge on any atom is 0.389 e. The number of carbonyl (C=O) groups excluding carboxylic acids is 2. The molecule has 0 N–H and O–H groups in total. The van der Waals surface area contributed by atoms with Gasteiger partial charge in [0, 0.05) is 6.54 Å². The van der Waals surface area contributed by atoms with Crippen LogP contribution in [0.5, 0.6) is 0 Å². The second-order valence-electron chi connectivity index (χ2n) is 4.75. The molecule has 1 amide bonds. The molecule has 1 aromatic rings. The number of hydrogen-bond acceptors (Lipinski definition) is 6. The van der Waals surface area contributed by atoms with E-state index in [0.717, 1.165) is 12.8 Å². The van der Waals surface area contributed by atoms with Crippen LogP contribution in [0.2, 0.25) is 0 Å². The summed E-state index contributed by atoms with van der Waals surface area (Å²) in [4.78, 5) is 35.4. The summed E-state index contributed by atoms with van der Waals surface area (Å²) < 4.78 is 5.91. The van der Waals surface area contributed by atoms with Crippen LogP contribution in [0.1, 0.15) is 19.3 Å². The van der Waals surface area contributed by atoms with Crippen molar-refractivity contribution in [2.75, 3.05) is 13.7 Å². The minimum absolute atomic E-state index is 0.138. The van der Waals surface area contributed by atoms with Crippen molar-refractivity contribution in [2.24, 2.45) is 0 Å². The van der Waals surface area contributed by atoms with E-state index in [1.165, 1.54) is 29.0 Å². The van der Waals surface area contributed by atoms with Crippen LogP contribution in [0.25, 0.3) is 0 Å². The highest BCUT2D eigenvalue weighted by Gasteiger charge is 2.33. The van der Waals surface area contributed by atoms with Gasteiger partial charge in [-0.15, -0.1) is 0 Å². The van der Waals surface area contributed by atoms with Gasteiger partial charge in [-0.05, 0) is 24.2 Å². The first kappa shape index (κ1) is 14.9. The maximum atomic E-state index is 12.3. The molecule has 0 bridgehead atoms. The first-order chi connectivity index (χ1) is 10.0. The van der Waals surface area contributed by atoms with Crippen LogP contribution in [0.3, 0.4) is 0 Å². The lowest BCUT2D eigenvalue weighted by molar-refractivity contribution is -0.389. The number of carbonyl (C=O) groups is 2. The van der Waals surface area contributed by atoms with Crippen LogP contribution in [0.15, 0.2) is 12.3 Å². The fourth-order valence-corrected chi connectivity index (χ4v) is 2.38. The molecule has 21 heavy (non-hydrogen) atoms. The summed E-state index contributed by atoms with van der Waals surface area (Å²) >= 11 is 0. The molecular weight excluding hydrogens is 280 g/mol. The Hall–Kier alpha value is -2.45. The molecule has 0 spiro atoms. The summed E-state index contributed by atoms with van der Waals surface area (Å²) in [7, 11) is 1.29. The van der Waals surface area contributed by atoms with E-state index < -0.39 is 16.9 Å². The van der Waals surface area contributed by atoms with Crippen LogP contribution in [-0.4, -0.2) is 51.2 Å². The molecule has 1 atom stereocenters. The van der Waals surface area contributed by atoms with Crippen LogP contribution in [-0.2, 0) is 20.9 Å². The Kier molecular flexibility index (Phi) is 4.51. The number of likely N-dealkylation sites (tertiary alicyclic amines) is 1. The number of nitrogens with zero attached hydrogens (tertiary/aromatic N) is 4. The standard InChI is InChI=1S/C12H16N4O5/c1-21-12(18)9-4-2-3-6-15(9)11(17)8-14-7-5-10(13-14)16(19)20/h5,7,9H,2-4,6,8H2,1H3/t9-/m1/s1. The minimum atomic E-state index is -0.626. The molecule has 0 unspecified atom stereocenters. The monoisotopic (exact) mass is 296 g/mol. The summed E-state index contributed by atoms with van der Waals surface area (Å²) in [6.45, 7) is 0.337. The third-order valence-corrected chi connectivity index (χ3v) is 3.41. The number of piperidine rings is 1. The van der Waals surface area contributed by atoms with Gasteiger partial charge in [0.25, 0.3) is 0 Å². The predicted octanol–water partition coefficient (Wildman–Crippen LogP) is 0.345. The highest BCUT2D eigenvalue weighted by molar-refractivity contribution is 5.84. The Morgan fingerprint density at radius 3 is 2.90 bits per heavy atom. The molecule has 0 radical (unpaired) electrons. The zero-order valence-corrected chi connectivity index (χ0v) is 11.6. The summed E-state index contributed by atoms with van der Waals surface area (Å²) in [6.07, 6.45) is 3.61. The van der Waals surface area contributed by atoms with Gasteiger partial charge >= 0.3 is 11.8 Å². The SMILES string of the molecule is COC(=O)[C@H]1CCCCN1C(=O)Cn1ccc([N+](=O)[O-])n1. The van der Waals surface area contributed by atoms with Crippen molar-refractivity contribution < 1.29 is 19.2 Å². The zero-order valence-electron chi connectivity index (χ0n) is 11.6. The van der Waals surface area contributed by atoms with Gasteiger partial charge in [-0.1, -0.05) is 0 Å². The molecule has 2 heterocycles. The van der Waals surface area contributed by atoms with Gasteiger partial charge in [-0.3, -0.25) is 4.79 Å². The summed E-state index contributed by atoms with van der Waals surface area (Å²) in [5.41, 5.74) is 0. The molecule has 9 heteroatoms. The van der Waals surface area contributed by atoms with Crippen molar-refractivity contribution >= 4 is 17.7 Å². The highest BCUT2D eigenvalue weighted by atomic mass is 16.6. The fourth-order valence-electron chi connectivity index (χ4n) is 2.38. The number of aromatic nitrogens is 2. The quantitative estimate of drug-likeness (QED) is 0.450. The lowest BCUT2D eigenvalue weighted by atomic mass is 10.0. The lowest BCUT2D eigenvalue weighted by Crippen LogP contribution is -2.49. The molecule has 1 aliphatic rings. The number of esters is 1. The van der Waals surface area contributed by atoms with Gasteiger partial charge < -0.3 is 19.8 Å². The van der Waals surface area contributed by atoms with Crippen molar-refractivity contribution in [1.82, 2.24) is 14.7 Å². The van der Waals surface area contributed by atoms with Gasteiger partial charge in [0.2, 0.25) is 5.91 Å². The van der Waals surface area contributed by atoms with Crippen molar-refractivity contribution in [3.8, 4) is 0 Å². The van der Waals surface area contributed by atoms with E-state index in [1.54, 1.807) is 0 Å². The van der Waals surface area contributed by atoms with E-state index in [2.05, 4.69) is 5.10 Å². The van der Waals surface area contributed by atoms with E-state index in [0.29, 0.717) is 13.0 Å². The van der Waals surface area contributed by atoms with Gasteiger partial charge in [0.05, 0.1) is 24.5 Å². The molecule has 0 aromatic carbocycles. The second kappa shape index (κ2) is 6.33. The Labute approximate surface area is 120 Å². The van der Waals surface area contributed by atoms with Crippen molar-refractivity contribution in [3.63, 3.8) is 0 Å². The first-order valence-corrected chi connectivity index (χ1v) is 6.58. The Bertz CT molecular complexity index is 556. The van der Waals surface area contributed by atoms with Crippen LogP contribution in [0, 0.1) is 10.1 Å². The third kappa shape index (κ3) is 3.36. The molecule has 1 aromatic heterocycles. The largest absolute Gasteiger partial charge is 0.467 e. The molecule has 9 nitrogen and oxygen atoms in total. The van der Waals surface area contributed by atoms with Gasteiger partial charge in [0.15, 0.2) is 0 Å². The number of amides is 1. The average Bonchev–Trinajstić information content (AvgIpc) is 2.95. The predicted molar refractivity (Wildman–Crippen MR) is 70.2 cm³/mol. The topological polar surface area (TPSA) is 108 Å². The molecule has 114 valence electrons. The number of nitro groups is 1. The highest BCUT2D eigenvalue weighted by Crippen LogP contribution is 2.19.